The zero-order chi connectivity index (χ0) is 15.2. The highest BCUT2D eigenvalue weighted by Crippen LogP contribution is 2.13. The fourth-order valence-corrected chi connectivity index (χ4v) is 2.23. The predicted molar refractivity (Wildman–Crippen MR) is 79.0 cm³/mol. The molecule has 0 bridgehead atoms. The summed E-state index contributed by atoms with van der Waals surface area (Å²) in [5.41, 5.74) is 2.47. The second-order valence-corrected chi connectivity index (χ2v) is 6.64. The summed E-state index contributed by atoms with van der Waals surface area (Å²) in [5, 5.41) is 17.6. The number of rotatable bonds is 6. The lowest BCUT2D eigenvalue weighted by Gasteiger charge is -2.28. The summed E-state index contributed by atoms with van der Waals surface area (Å²) in [6, 6.07) is 12.9. The second-order valence-electron chi connectivity index (χ2n) is 6.64. The first-order valence-electron chi connectivity index (χ1n) is 6.74. The fraction of sp³-hybridized carbons (Fsp3) is 0.500. The van der Waals surface area contributed by atoms with E-state index in [9.17, 15) is 0 Å². The molecule has 0 heterocycles. The van der Waals surface area contributed by atoms with Crippen molar-refractivity contribution in [1.82, 2.24) is 0 Å². The summed E-state index contributed by atoms with van der Waals surface area (Å²) in [7, 11) is 8.24. The maximum atomic E-state index is 8.81. The smallest absolute Gasteiger partial charge is 0.166 e. The molecule has 122 valence electrons. The van der Waals surface area contributed by atoms with Gasteiger partial charge >= 0.3 is 0 Å². The highest BCUT2D eigenvalue weighted by molar-refractivity contribution is 5.21. The Morgan fingerprint density at radius 3 is 1.23 bits per heavy atom. The maximum Gasteiger partial charge on any atom is 0.166 e. The van der Waals surface area contributed by atoms with Crippen molar-refractivity contribution in [3.05, 3.63) is 35.4 Å². The van der Waals surface area contributed by atoms with Crippen LogP contribution in [0.5, 0.6) is 0 Å². The van der Waals surface area contributed by atoms with Gasteiger partial charge in [0, 0.05) is 11.1 Å². The van der Waals surface area contributed by atoms with Gasteiger partial charge in [-0.2, -0.15) is 10.5 Å². The molecule has 1 rings (SSSR count). The minimum absolute atomic E-state index is 0. The molecule has 0 fully saturated rings. The van der Waals surface area contributed by atoms with Crippen molar-refractivity contribution >= 4 is 0 Å². The van der Waals surface area contributed by atoms with E-state index in [1.165, 1.54) is 11.1 Å². The minimum atomic E-state index is 0. The van der Waals surface area contributed by atoms with Crippen LogP contribution >= 0.6 is 0 Å². The van der Waals surface area contributed by atoms with E-state index in [0.29, 0.717) is 22.1 Å². The van der Waals surface area contributed by atoms with Gasteiger partial charge in [0.15, 0.2) is 13.1 Å². The molecule has 1 aromatic rings. The van der Waals surface area contributed by atoms with Crippen LogP contribution in [-0.4, -0.2) is 50.2 Å². The van der Waals surface area contributed by atoms with Gasteiger partial charge in [0.05, 0.1) is 28.2 Å². The molecule has 22 heavy (non-hydrogen) atoms. The summed E-state index contributed by atoms with van der Waals surface area (Å²) >= 11 is 0. The standard InChI is InChI=1S/C16H24N4.2ClH/c1-19(2,11-9-17)13-15-5-7-16(8-6-15)14-20(3,4)12-10-18;;/h5-8H,11-14H2,1-4H3;2*1H/q+2;;/p-2. The van der Waals surface area contributed by atoms with Crippen molar-refractivity contribution in [2.24, 2.45) is 0 Å². The lowest BCUT2D eigenvalue weighted by molar-refractivity contribution is -0.897. The van der Waals surface area contributed by atoms with Gasteiger partial charge in [-0.25, -0.2) is 0 Å². The summed E-state index contributed by atoms with van der Waals surface area (Å²) in [5.74, 6) is 0. The van der Waals surface area contributed by atoms with Gasteiger partial charge in [-0.15, -0.1) is 0 Å². The Morgan fingerprint density at radius 2 is 1.00 bits per heavy atom. The number of hydrogen-bond acceptors (Lipinski definition) is 2. The third-order valence-corrected chi connectivity index (χ3v) is 3.24. The monoisotopic (exact) mass is 342 g/mol. The van der Waals surface area contributed by atoms with Gasteiger partial charge in [0.2, 0.25) is 0 Å². The first kappa shape index (κ1) is 23.0. The summed E-state index contributed by atoms with van der Waals surface area (Å²) in [6.07, 6.45) is 0. The number of nitriles is 2. The molecule has 0 unspecified atom stereocenters. The fourth-order valence-electron chi connectivity index (χ4n) is 2.23. The van der Waals surface area contributed by atoms with Crippen molar-refractivity contribution in [2.45, 2.75) is 13.1 Å². The molecule has 6 heteroatoms. The van der Waals surface area contributed by atoms with Crippen molar-refractivity contribution in [2.75, 3.05) is 41.3 Å². The molecule has 0 amide bonds. The Labute approximate surface area is 146 Å². The van der Waals surface area contributed by atoms with Crippen LogP contribution in [0.15, 0.2) is 24.3 Å². The minimum Gasteiger partial charge on any atom is -1.00 e. The van der Waals surface area contributed by atoms with E-state index in [0.717, 1.165) is 13.1 Å². The average molecular weight is 343 g/mol. The van der Waals surface area contributed by atoms with E-state index in [2.05, 4.69) is 64.6 Å². The van der Waals surface area contributed by atoms with Crippen LogP contribution in [0.25, 0.3) is 0 Å². The molecular weight excluding hydrogens is 319 g/mol. The molecule has 1 aromatic carbocycles. The Kier molecular flexibility index (Phi) is 10.1. The Bertz CT molecular complexity index is 476. The van der Waals surface area contributed by atoms with Crippen LogP contribution in [-0.2, 0) is 13.1 Å². The SMILES string of the molecule is C[N+](C)(CC#N)Cc1ccc(C[N+](C)(C)CC#N)cc1.[Cl-].[Cl-]. The van der Waals surface area contributed by atoms with Crippen LogP contribution in [0, 0.1) is 22.7 Å². The number of quaternary nitrogens is 2. The molecule has 0 aliphatic carbocycles. The predicted octanol–water partition coefficient (Wildman–Crippen LogP) is -4.11. The van der Waals surface area contributed by atoms with Gasteiger partial charge in [-0.05, 0) is 0 Å². The van der Waals surface area contributed by atoms with Crippen molar-refractivity contribution in [3.63, 3.8) is 0 Å². The molecule has 0 aromatic heterocycles. The highest BCUT2D eigenvalue weighted by Gasteiger charge is 2.17. The van der Waals surface area contributed by atoms with E-state index >= 15 is 0 Å². The molecule has 0 aliphatic rings. The number of nitrogens with zero attached hydrogens (tertiary/aromatic N) is 4. The number of halogens is 2. The number of hydrogen-bond donors (Lipinski definition) is 0. The van der Waals surface area contributed by atoms with E-state index in [1.54, 1.807) is 0 Å². The first-order chi connectivity index (χ1) is 9.28. The zero-order valence-electron chi connectivity index (χ0n) is 13.7. The zero-order valence-corrected chi connectivity index (χ0v) is 15.2. The molecular formula is C16H24Cl2N4. The van der Waals surface area contributed by atoms with E-state index in [1.807, 2.05) is 0 Å². The van der Waals surface area contributed by atoms with Gasteiger partial charge in [0.25, 0.3) is 0 Å². The lowest BCUT2D eigenvalue weighted by Crippen LogP contribution is -3.00. The second kappa shape index (κ2) is 9.66. The molecule has 0 N–H and O–H groups in total. The molecule has 0 saturated heterocycles. The van der Waals surface area contributed by atoms with Crippen LogP contribution in [0.4, 0.5) is 0 Å². The van der Waals surface area contributed by atoms with Crippen molar-refractivity contribution in [1.29, 1.82) is 10.5 Å². The number of benzene rings is 1. The van der Waals surface area contributed by atoms with Gasteiger partial charge in [0.1, 0.15) is 25.2 Å². The van der Waals surface area contributed by atoms with E-state index in [4.69, 9.17) is 10.5 Å². The van der Waals surface area contributed by atoms with E-state index in [-0.39, 0.29) is 24.8 Å². The van der Waals surface area contributed by atoms with Crippen LogP contribution in [0.2, 0.25) is 0 Å². The first-order valence-corrected chi connectivity index (χ1v) is 6.74. The molecule has 0 aliphatic heterocycles. The quantitative estimate of drug-likeness (QED) is 0.389. The molecule has 0 radical (unpaired) electrons. The Balaban J connectivity index is 0. The van der Waals surface area contributed by atoms with Crippen LogP contribution in [0.3, 0.4) is 0 Å². The average Bonchev–Trinajstić information content (AvgIpc) is 2.30. The molecule has 0 spiro atoms. The van der Waals surface area contributed by atoms with Crippen molar-refractivity contribution < 1.29 is 33.8 Å². The summed E-state index contributed by atoms with van der Waals surface area (Å²) in [6.45, 7) is 2.72. The van der Waals surface area contributed by atoms with Crippen molar-refractivity contribution in [3.8, 4) is 12.1 Å². The normalized spacial score (nSPS) is 10.6. The van der Waals surface area contributed by atoms with Gasteiger partial charge < -0.3 is 33.8 Å². The van der Waals surface area contributed by atoms with Gasteiger partial charge in [-0.1, -0.05) is 24.3 Å². The molecule has 4 nitrogen and oxygen atoms in total. The lowest BCUT2D eigenvalue weighted by atomic mass is 10.1. The summed E-state index contributed by atoms with van der Waals surface area (Å²) < 4.78 is 1.34. The Hall–Kier alpha value is -1.30. The third-order valence-electron chi connectivity index (χ3n) is 3.24. The largest absolute Gasteiger partial charge is 1.00 e. The van der Waals surface area contributed by atoms with E-state index < -0.39 is 0 Å². The maximum absolute atomic E-state index is 8.81. The van der Waals surface area contributed by atoms with Crippen LogP contribution < -0.4 is 24.8 Å². The molecule has 0 saturated carbocycles. The molecule has 0 atom stereocenters. The van der Waals surface area contributed by atoms with Gasteiger partial charge in [-0.3, -0.25) is 0 Å². The summed E-state index contributed by atoms with van der Waals surface area (Å²) in [4.78, 5) is 0. The topological polar surface area (TPSA) is 47.6 Å². The van der Waals surface area contributed by atoms with Crippen LogP contribution in [0.1, 0.15) is 11.1 Å². The Morgan fingerprint density at radius 1 is 0.727 bits per heavy atom. The third kappa shape index (κ3) is 8.22. The highest BCUT2D eigenvalue weighted by atomic mass is 35.5.